The highest BCUT2D eigenvalue weighted by Crippen LogP contribution is 2.11. The molecule has 2 rings (SSSR count). The quantitative estimate of drug-likeness (QED) is 0.492. The zero-order valence-electron chi connectivity index (χ0n) is 16.0. The number of nitrogens with zero attached hydrogens (tertiary/aromatic N) is 2. The molecule has 1 amide bonds. The molecule has 27 heavy (non-hydrogen) atoms. The molecule has 1 aromatic rings. The zero-order chi connectivity index (χ0) is 19.6. The van der Waals surface area contributed by atoms with E-state index in [2.05, 4.69) is 25.8 Å². The molecule has 6 nitrogen and oxygen atoms in total. The van der Waals surface area contributed by atoms with E-state index in [1.165, 1.54) is 6.07 Å². The van der Waals surface area contributed by atoms with Gasteiger partial charge in [0.05, 0.1) is 6.54 Å². The summed E-state index contributed by atoms with van der Waals surface area (Å²) < 4.78 is 26.9. The number of piperidine rings is 1. The van der Waals surface area contributed by atoms with Crippen LogP contribution in [0.15, 0.2) is 23.2 Å². The van der Waals surface area contributed by atoms with Crippen LogP contribution in [0.3, 0.4) is 0 Å². The molecule has 1 saturated heterocycles. The Labute approximate surface area is 159 Å². The molecule has 0 radical (unpaired) electrons. The van der Waals surface area contributed by atoms with Crippen LogP contribution in [-0.2, 0) is 11.2 Å². The van der Waals surface area contributed by atoms with E-state index >= 15 is 0 Å². The summed E-state index contributed by atoms with van der Waals surface area (Å²) >= 11 is 0. The van der Waals surface area contributed by atoms with E-state index in [1.807, 2.05) is 6.92 Å². The van der Waals surface area contributed by atoms with Crippen LogP contribution in [0, 0.1) is 11.6 Å². The Bertz CT molecular complexity index is 645. The molecule has 8 heteroatoms. The van der Waals surface area contributed by atoms with Gasteiger partial charge in [-0.3, -0.25) is 14.7 Å². The van der Waals surface area contributed by atoms with Crippen LogP contribution in [-0.4, -0.2) is 62.6 Å². The maximum Gasteiger partial charge on any atom is 0.233 e. The van der Waals surface area contributed by atoms with E-state index in [9.17, 15) is 13.6 Å². The molecule has 0 aromatic heterocycles. The molecular formula is C19H29F2N5O. The van der Waals surface area contributed by atoms with Crippen molar-refractivity contribution in [2.24, 2.45) is 4.99 Å². The minimum Gasteiger partial charge on any atom is -0.358 e. The highest BCUT2D eigenvalue weighted by atomic mass is 19.1. The van der Waals surface area contributed by atoms with Crippen molar-refractivity contribution < 1.29 is 13.6 Å². The molecule has 1 fully saturated rings. The number of carbonyl (C=O) groups excluding carboxylic acids is 1. The number of aliphatic imine (C=N–C) groups is 1. The number of hydrogen-bond donors (Lipinski definition) is 3. The predicted molar refractivity (Wildman–Crippen MR) is 103 cm³/mol. The van der Waals surface area contributed by atoms with Gasteiger partial charge in [0.25, 0.3) is 0 Å². The second kappa shape index (κ2) is 10.8. The first-order valence-electron chi connectivity index (χ1n) is 9.43. The van der Waals surface area contributed by atoms with Crippen LogP contribution in [0.2, 0.25) is 0 Å². The van der Waals surface area contributed by atoms with Gasteiger partial charge in [-0.2, -0.15) is 0 Å². The number of likely N-dealkylation sites (tertiary alicyclic amines) is 1. The summed E-state index contributed by atoms with van der Waals surface area (Å²) in [4.78, 5) is 18.1. The Morgan fingerprint density at radius 3 is 2.70 bits per heavy atom. The van der Waals surface area contributed by atoms with Crippen molar-refractivity contribution in [1.29, 1.82) is 0 Å². The third kappa shape index (κ3) is 7.13. The minimum atomic E-state index is -0.441. The van der Waals surface area contributed by atoms with E-state index in [-0.39, 0.29) is 11.9 Å². The molecule has 0 bridgehead atoms. The number of halogens is 2. The lowest BCUT2D eigenvalue weighted by molar-refractivity contribution is -0.122. The zero-order valence-corrected chi connectivity index (χ0v) is 16.0. The summed E-state index contributed by atoms with van der Waals surface area (Å²) in [5.41, 5.74) is 0.331. The highest BCUT2D eigenvalue weighted by molar-refractivity contribution is 5.80. The van der Waals surface area contributed by atoms with Crippen molar-refractivity contribution in [2.45, 2.75) is 32.2 Å². The fraction of sp³-hybridized carbons (Fsp3) is 0.579. The number of carbonyl (C=O) groups is 1. The van der Waals surface area contributed by atoms with Gasteiger partial charge in [-0.25, -0.2) is 8.78 Å². The molecule has 0 aliphatic carbocycles. The Morgan fingerprint density at radius 1 is 1.30 bits per heavy atom. The lowest BCUT2D eigenvalue weighted by Crippen LogP contribution is -2.50. The smallest absolute Gasteiger partial charge is 0.233 e. The molecule has 0 unspecified atom stereocenters. The molecule has 0 spiro atoms. The largest absolute Gasteiger partial charge is 0.358 e. The maximum absolute atomic E-state index is 13.7. The van der Waals surface area contributed by atoms with Gasteiger partial charge in [-0.05, 0) is 49.9 Å². The second-order valence-electron chi connectivity index (χ2n) is 6.61. The van der Waals surface area contributed by atoms with Crippen molar-refractivity contribution in [3.63, 3.8) is 0 Å². The highest BCUT2D eigenvalue weighted by Gasteiger charge is 2.21. The third-order valence-corrected chi connectivity index (χ3v) is 4.58. The topological polar surface area (TPSA) is 68.8 Å². The molecule has 1 aromatic carbocycles. The van der Waals surface area contributed by atoms with E-state index in [0.717, 1.165) is 44.6 Å². The molecule has 150 valence electrons. The van der Waals surface area contributed by atoms with Gasteiger partial charge >= 0.3 is 0 Å². The molecule has 0 atom stereocenters. The molecule has 1 heterocycles. The van der Waals surface area contributed by atoms with Crippen LogP contribution >= 0.6 is 0 Å². The van der Waals surface area contributed by atoms with E-state index in [0.29, 0.717) is 31.0 Å². The number of hydrogen-bond acceptors (Lipinski definition) is 3. The first kappa shape index (κ1) is 21.1. The summed E-state index contributed by atoms with van der Waals surface area (Å²) in [5.74, 6) is -0.142. The lowest BCUT2D eigenvalue weighted by Gasteiger charge is -2.32. The Hall–Kier alpha value is -2.22. The number of likely N-dealkylation sites (N-methyl/N-ethyl adjacent to an activating group) is 1. The number of guanidine groups is 1. The van der Waals surface area contributed by atoms with Gasteiger partial charge in [-0.1, -0.05) is 0 Å². The summed E-state index contributed by atoms with van der Waals surface area (Å²) in [5, 5.41) is 9.23. The van der Waals surface area contributed by atoms with Crippen molar-refractivity contribution in [3.8, 4) is 0 Å². The fourth-order valence-corrected chi connectivity index (χ4v) is 3.05. The first-order valence-corrected chi connectivity index (χ1v) is 9.43. The van der Waals surface area contributed by atoms with Gasteiger partial charge in [0.2, 0.25) is 5.91 Å². The van der Waals surface area contributed by atoms with Crippen LogP contribution in [0.25, 0.3) is 0 Å². The monoisotopic (exact) mass is 381 g/mol. The Kier molecular flexibility index (Phi) is 8.44. The average molecular weight is 381 g/mol. The average Bonchev–Trinajstić information content (AvgIpc) is 2.66. The maximum atomic E-state index is 13.7. The van der Waals surface area contributed by atoms with Gasteiger partial charge in [0.15, 0.2) is 5.96 Å². The summed E-state index contributed by atoms with van der Waals surface area (Å²) in [7, 11) is 1.64. The standard InChI is InChI=1S/C19H29F2N5O/c1-3-23-19(24-9-6-14-12-15(20)4-5-17(14)21)25-16-7-10-26(11-8-16)13-18(27)22-2/h4-5,12,16H,3,6-11,13H2,1-2H3,(H,22,27)(H2,23,24,25). The molecule has 0 saturated carbocycles. The SMILES string of the molecule is CCNC(=NCCc1cc(F)ccc1F)NC1CCN(CC(=O)NC)CC1. The Balaban J connectivity index is 1.83. The second-order valence-corrected chi connectivity index (χ2v) is 6.61. The fourth-order valence-electron chi connectivity index (χ4n) is 3.05. The predicted octanol–water partition coefficient (Wildman–Crippen LogP) is 1.27. The summed E-state index contributed by atoms with van der Waals surface area (Å²) in [6.07, 6.45) is 2.17. The van der Waals surface area contributed by atoms with Crippen molar-refractivity contribution in [1.82, 2.24) is 20.9 Å². The van der Waals surface area contributed by atoms with Gasteiger partial charge in [-0.15, -0.1) is 0 Å². The molecule has 1 aliphatic heterocycles. The van der Waals surface area contributed by atoms with E-state index in [4.69, 9.17) is 0 Å². The summed E-state index contributed by atoms with van der Waals surface area (Å²) in [6.45, 7) is 5.19. The van der Waals surface area contributed by atoms with Crippen LogP contribution in [0.1, 0.15) is 25.3 Å². The van der Waals surface area contributed by atoms with Gasteiger partial charge in [0, 0.05) is 39.3 Å². The molecule has 3 N–H and O–H groups in total. The van der Waals surface area contributed by atoms with Crippen LogP contribution in [0.4, 0.5) is 8.78 Å². The minimum absolute atomic E-state index is 0.0286. The van der Waals surface area contributed by atoms with E-state index < -0.39 is 11.6 Å². The van der Waals surface area contributed by atoms with Crippen LogP contribution in [0.5, 0.6) is 0 Å². The number of amides is 1. The first-order chi connectivity index (χ1) is 13.0. The molecule has 1 aliphatic rings. The Morgan fingerprint density at radius 2 is 2.04 bits per heavy atom. The number of benzene rings is 1. The lowest BCUT2D eigenvalue weighted by atomic mass is 10.1. The number of rotatable bonds is 7. The van der Waals surface area contributed by atoms with Crippen molar-refractivity contribution in [2.75, 3.05) is 39.8 Å². The van der Waals surface area contributed by atoms with E-state index in [1.54, 1.807) is 7.05 Å². The van der Waals surface area contributed by atoms with Crippen molar-refractivity contribution in [3.05, 3.63) is 35.4 Å². The third-order valence-electron chi connectivity index (χ3n) is 4.58. The van der Waals surface area contributed by atoms with Crippen LogP contribution < -0.4 is 16.0 Å². The molecular weight excluding hydrogens is 352 g/mol. The normalized spacial score (nSPS) is 16.2. The van der Waals surface area contributed by atoms with Gasteiger partial charge < -0.3 is 16.0 Å². The number of nitrogens with one attached hydrogen (secondary N) is 3. The summed E-state index contributed by atoms with van der Waals surface area (Å²) in [6, 6.07) is 3.75. The van der Waals surface area contributed by atoms with Crippen molar-refractivity contribution >= 4 is 11.9 Å². The van der Waals surface area contributed by atoms with Gasteiger partial charge in [0.1, 0.15) is 11.6 Å².